The summed E-state index contributed by atoms with van der Waals surface area (Å²) in [6.07, 6.45) is 13.9. The quantitative estimate of drug-likeness (QED) is 0.0210. The van der Waals surface area contributed by atoms with Crippen LogP contribution in [0.5, 0.6) is 0 Å². The van der Waals surface area contributed by atoms with Crippen molar-refractivity contribution < 1.29 is 70.2 Å². The molecule has 7 nitrogen and oxygen atoms in total. The van der Waals surface area contributed by atoms with Crippen LogP contribution in [-0.2, 0) is 55.9 Å². The van der Waals surface area contributed by atoms with Gasteiger partial charge in [0.25, 0.3) is 0 Å². The van der Waals surface area contributed by atoms with E-state index in [1.165, 1.54) is 81.4 Å². The minimum Gasteiger partial charge on any atom is -1.00 e. The van der Waals surface area contributed by atoms with Crippen molar-refractivity contribution in [3.8, 4) is 11.8 Å². The van der Waals surface area contributed by atoms with Gasteiger partial charge in [-0.05, 0) is 184 Å². The Bertz CT molecular complexity index is 4710. The molecular formula is C109H104Cu3FN4O3P6+6. The molecule has 0 atom stereocenters. The van der Waals surface area contributed by atoms with Gasteiger partial charge < -0.3 is 43.6 Å². The summed E-state index contributed by atoms with van der Waals surface area (Å²) in [4.78, 5) is 23.3. The van der Waals surface area contributed by atoms with Crippen molar-refractivity contribution in [2.24, 2.45) is 0 Å². The molecule has 4 amide bonds. The van der Waals surface area contributed by atoms with E-state index in [0.29, 0.717) is 22.5 Å². The summed E-state index contributed by atoms with van der Waals surface area (Å²) < 4.78 is 4.83. The van der Waals surface area contributed by atoms with Crippen molar-refractivity contribution >= 4 is 146 Å². The van der Waals surface area contributed by atoms with Crippen LogP contribution in [-0.4, -0.2) is 43.0 Å². The molecule has 642 valence electrons. The van der Waals surface area contributed by atoms with Crippen LogP contribution in [0.2, 0.25) is 0 Å². The Hall–Kier alpha value is -10.8. The van der Waals surface area contributed by atoms with Crippen LogP contribution in [0.15, 0.2) is 473 Å². The summed E-state index contributed by atoms with van der Waals surface area (Å²) in [6.45, 7) is 5.67. The summed E-state index contributed by atoms with van der Waals surface area (Å²) >= 11 is 0. The zero-order valence-electron chi connectivity index (χ0n) is 70.1. The first-order valence-corrected chi connectivity index (χ1v) is 51.2. The molecule has 16 aromatic rings. The van der Waals surface area contributed by atoms with Crippen molar-refractivity contribution in [2.75, 3.05) is 52.2 Å². The molecule has 126 heavy (non-hydrogen) atoms. The van der Waals surface area contributed by atoms with Gasteiger partial charge in [0.2, 0.25) is 0 Å². The smallest absolute Gasteiger partial charge is 1.00 e. The van der Waals surface area contributed by atoms with Crippen LogP contribution in [0, 0.1) is 24.7 Å². The minimum atomic E-state index is -0.847. The number of halogens is 1. The fourth-order valence-corrected chi connectivity index (χ4v) is 36.7. The van der Waals surface area contributed by atoms with Crippen LogP contribution in [0.25, 0.3) is 0 Å². The number of hydrogen-bond donors (Lipinski definition) is 4. The summed E-state index contributed by atoms with van der Waals surface area (Å²) in [5.41, 5.74) is 4.15. The van der Waals surface area contributed by atoms with E-state index in [1.54, 1.807) is 48.5 Å². The molecule has 0 fully saturated rings. The Morgan fingerprint density at radius 1 is 0.222 bits per heavy atom. The van der Waals surface area contributed by atoms with Crippen molar-refractivity contribution in [2.45, 2.75) is 13.8 Å². The molecule has 0 saturated carbocycles. The first-order chi connectivity index (χ1) is 60.2. The minimum absolute atomic E-state index is 0. The van der Waals surface area contributed by atoms with E-state index in [2.05, 4.69) is 397 Å². The number of rotatable bonds is 24. The van der Waals surface area contributed by atoms with Gasteiger partial charge >= 0.3 is 63.3 Å². The van der Waals surface area contributed by atoms with E-state index in [4.69, 9.17) is 17.6 Å². The van der Waals surface area contributed by atoms with Crippen LogP contribution < -0.4 is 89.6 Å². The predicted molar refractivity (Wildman–Crippen MR) is 543 cm³/mol. The number of hydrogen-bond acceptors (Lipinski definition) is 3. The van der Waals surface area contributed by atoms with Crippen molar-refractivity contribution in [1.29, 1.82) is 0 Å². The third kappa shape index (κ3) is 34.5. The Kier molecular flexibility index (Phi) is 48.1. The van der Waals surface area contributed by atoms with Gasteiger partial charge in [-0.25, -0.2) is 9.59 Å². The number of benzene rings is 16. The zero-order chi connectivity index (χ0) is 84.7. The molecule has 0 unspecified atom stereocenters. The van der Waals surface area contributed by atoms with Crippen molar-refractivity contribution in [3.63, 3.8) is 0 Å². The number of amides is 4. The van der Waals surface area contributed by atoms with E-state index in [9.17, 15) is 9.59 Å². The largest absolute Gasteiger partial charge is 1.00 e. The van der Waals surface area contributed by atoms with Gasteiger partial charge in [-0.15, -0.1) is 35.4 Å². The van der Waals surface area contributed by atoms with Gasteiger partial charge in [0.15, 0.2) is 17.7 Å². The van der Waals surface area contributed by atoms with Gasteiger partial charge in [0.1, 0.15) is 111 Å². The van der Waals surface area contributed by atoms with Gasteiger partial charge in [-0.2, -0.15) is 0 Å². The third-order valence-electron chi connectivity index (χ3n) is 19.6. The molecule has 0 aliphatic carbocycles. The number of carbonyl (C=O) groups is 2. The molecule has 0 aliphatic heterocycles. The SMILES string of the molecule is CCOCC.[C-]#Cc1ccc(NC(=O)Nc2ccccc2)cc1.[C-]#Cc1ccc(NC(=O)Nc2ccccc2)cc1.[Cu+].[Cu+].[Cu+].[F-].c1ccc([PH+](C[PH+](c2ccccc2)c2ccccc2)c2ccccc2)cc1.c1ccc([PH+](C[PH+](c2ccccc2)c2ccccc2)c2ccccc2)cc1.c1ccc([PH+](C[PH+](c2ccccc2)c2ccccc2)c2ccccc2)cc1. The molecule has 0 radical (unpaired) electrons. The third-order valence-corrected chi connectivity index (χ3v) is 40.4. The van der Waals surface area contributed by atoms with Gasteiger partial charge in [0.05, 0.1) is 0 Å². The van der Waals surface area contributed by atoms with Gasteiger partial charge in [-0.3, -0.25) is 11.8 Å². The molecule has 0 heterocycles. The number of anilines is 4. The second kappa shape index (κ2) is 59.2. The molecule has 16 rings (SSSR count). The standard InChI is InChI=1S/3C25H22P2.2C15H11N2O.C4H10O.3Cu.FH/c3*1-5-13-22(14-6-1)26(23-15-7-2-8-16-23)21-27(24-17-9-3-10-18-24)25-19-11-4-12-20-25;2*1-2-12-8-10-14(11-9-12)17-15(18)16-13-6-4-3-5-7-13;1-3-5-4-2;;;;/h3*1-20H,21H2;2*3-11H,(H2,16,17,18);3-4H2,1-2H3;;;;1H/q;;;2*-1;;3*+1;/p+5. The second-order valence-electron chi connectivity index (χ2n) is 27.9. The Morgan fingerprint density at radius 2 is 0.349 bits per heavy atom. The predicted octanol–water partition coefficient (Wildman–Crippen LogP) is 18.6. The summed E-state index contributed by atoms with van der Waals surface area (Å²) in [5, 5.41) is 28.9. The molecule has 16 aromatic carbocycles. The van der Waals surface area contributed by atoms with Crippen molar-refractivity contribution in [1.82, 2.24) is 0 Å². The number of ether oxygens (including phenoxy) is 1. The Balaban J connectivity index is 0.000000214. The second-order valence-corrected chi connectivity index (χ2v) is 44.8. The summed E-state index contributed by atoms with van der Waals surface area (Å²) in [7, 11) is -5.08. The van der Waals surface area contributed by atoms with Crippen molar-refractivity contribution in [3.05, 3.63) is 497 Å². The first-order valence-electron chi connectivity index (χ1n) is 40.9. The fourth-order valence-electron chi connectivity index (χ4n) is 13.5. The average Bonchev–Trinajstić information content (AvgIpc) is 0.822. The van der Waals surface area contributed by atoms with E-state index in [1.807, 2.05) is 74.5 Å². The Morgan fingerprint density at radius 3 is 0.468 bits per heavy atom. The van der Waals surface area contributed by atoms with Crippen LogP contribution in [0.4, 0.5) is 32.3 Å². The van der Waals surface area contributed by atoms with Crippen LogP contribution >= 0.6 is 47.5 Å². The summed E-state index contributed by atoms with van der Waals surface area (Å²) in [5.74, 6) is 8.28. The maximum absolute atomic E-state index is 11.7. The maximum Gasteiger partial charge on any atom is 1.00 e. The monoisotopic (exact) mass is 1910 g/mol. The zero-order valence-corrected chi connectivity index (χ0v) is 78.9. The van der Waals surface area contributed by atoms with E-state index >= 15 is 0 Å². The number of para-hydroxylation sites is 2. The van der Waals surface area contributed by atoms with Gasteiger partial charge in [-0.1, -0.05) is 279 Å². The van der Waals surface area contributed by atoms with E-state index in [0.717, 1.165) is 24.6 Å². The molecule has 0 saturated heterocycles. The van der Waals surface area contributed by atoms with E-state index < -0.39 is 47.5 Å². The average molecular weight is 1910 g/mol. The molecule has 4 N–H and O–H groups in total. The normalized spacial score (nSPS) is 10.1. The number of nitrogens with one attached hydrogen (secondary N) is 4. The van der Waals surface area contributed by atoms with Crippen LogP contribution in [0.3, 0.4) is 0 Å². The van der Waals surface area contributed by atoms with E-state index in [-0.39, 0.29) is 68.0 Å². The maximum atomic E-state index is 11.7. The number of urea groups is 2. The summed E-state index contributed by atoms with van der Waals surface area (Å²) in [6, 6.07) is 165. The molecule has 0 bridgehead atoms. The molecule has 0 spiro atoms. The van der Waals surface area contributed by atoms with Gasteiger partial charge in [0, 0.05) is 36.0 Å². The first kappa shape index (κ1) is 102. The topological polar surface area (TPSA) is 91.5 Å². The fraction of sp³-hybridized carbons (Fsp3) is 0.0642. The molecule has 0 aromatic heterocycles. The molecular weight excluding hydrogens is 1810 g/mol. The Labute approximate surface area is 784 Å². The molecule has 0 aliphatic rings. The number of carbonyl (C=O) groups excluding carboxylic acids is 2. The van der Waals surface area contributed by atoms with Crippen LogP contribution in [0.1, 0.15) is 25.0 Å². The molecule has 17 heteroatoms.